The fourth-order valence-corrected chi connectivity index (χ4v) is 4.31. The van der Waals surface area contributed by atoms with Gasteiger partial charge in [-0.2, -0.15) is 0 Å². The number of hydrogen-bond donors (Lipinski definition) is 1. The van der Waals surface area contributed by atoms with Crippen LogP contribution in [0.2, 0.25) is 0 Å². The van der Waals surface area contributed by atoms with Gasteiger partial charge in [-0.05, 0) is 56.2 Å². The summed E-state index contributed by atoms with van der Waals surface area (Å²) in [6, 6.07) is 18.0. The molecule has 2 aromatic carbocycles. The van der Waals surface area contributed by atoms with Crippen molar-refractivity contribution in [3.8, 4) is 0 Å². The summed E-state index contributed by atoms with van der Waals surface area (Å²) in [7, 11) is 0. The lowest BCUT2D eigenvalue weighted by molar-refractivity contribution is -0.136. The molecule has 3 rings (SSSR count). The lowest BCUT2D eigenvalue weighted by Gasteiger charge is -2.37. The van der Waals surface area contributed by atoms with Crippen molar-refractivity contribution in [3.63, 3.8) is 0 Å². The summed E-state index contributed by atoms with van der Waals surface area (Å²) < 4.78 is 0. The first-order chi connectivity index (χ1) is 14.5. The van der Waals surface area contributed by atoms with Crippen LogP contribution in [0.15, 0.2) is 54.6 Å². The molecule has 0 aliphatic carbocycles. The van der Waals surface area contributed by atoms with E-state index < -0.39 is 0 Å². The van der Waals surface area contributed by atoms with Crippen molar-refractivity contribution < 1.29 is 9.59 Å². The van der Waals surface area contributed by atoms with Gasteiger partial charge in [-0.1, -0.05) is 61.5 Å². The number of carbonyl (C=O) groups is 2. The third-order valence-electron chi connectivity index (χ3n) is 6.06. The summed E-state index contributed by atoms with van der Waals surface area (Å²) in [5, 5.41) is 3.37. The van der Waals surface area contributed by atoms with E-state index in [0.29, 0.717) is 19.4 Å². The van der Waals surface area contributed by atoms with Crippen LogP contribution >= 0.6 is 0 Å². The first-order valence-corrected chi connectivity index (χ1v) is 11.2. The Bertz CT molecular complexity index is 849. The lowest BCUT2D eigenvalue weighted by Crippen LogP contribution is -2.53. The largest absolute Gasteiger partial charge is 0.334 e. The van der Waals surface area contributed by atoms with Crippen molar-refractivity contribution in [3.05, 3.63) is 71.3 Å². The first-order valence-electron chi connectivity index (χ1n) is 11.2. The third-order valence-corrected chi connectivity index (χ3v) is 6.06. The average Bonchev–Trinajstić information content (AvgIpc) is 2.76. The number of nitrogens with one attached hydrogen (secondary N) is 1. The Hall–Kier alpha value is -2.46. The van der Waals surface area contributed by atoms with Crippen molar-refractivity contribution in [2.24, 2.45) is 0 Å². The molecule has 0 aromatic heterocycles. The molecule has 0 saturated carbocycles. The van der Waals surface area contributed by atoms with E-state index in [1.54, 1.807) is 0 Å². The molecule has 2 aromatic rings. The molecule has 1 amide bonds. The van der Waals surface area contributed by atoms with Gasteiger partial charge in [-0.3, -0.25) is 14.9 Å². The van der Waals surface area contributed by atoms with Gasteiger partial charge < -0.3 is 4.90 Å². The molecule has 1 aliphatic rings. The molecule has 0 radical (unpaired) electrons. The number of benzene rings is 2. The fraction of sp³-hybridized carbons (Fsp3) is 0.462. The van der Waals surface area contributed by atoms with Gasteiger partial charge in [0.25, 0.3) is 0 Å². The zero-order valence-corrected chi connectivity index (χ0v) is 18.4. The van der Waals surface area contributed by atoms with E-state index in [1.165, 1.54) is 16.7 Å². The highest BCUT2D eigenvalue weighted by atomic mass is 16.2. The van der Waals surface area contributed by atoms with Crippen molar-refractivity contribution in [1.82, 2.24) is 10.2 Å². The number of carbonyl (C=O) groups excluding carboxylic acids is 2. The molecule has 160 valence electrons. The van der Waals surface area contributed by atoms with Crippen molar-refractivity contribution in [1.29, 1.82) is 0 Å². The maximum atomic E-state index is 13.3. The molecule has 30 heavy (non-hydrogen) atoms. The second kappa shape index (κ2) is 10.5. The summed E-state index contributed by atoms with van der Waals surface area (Å²) in [6.45, 7) is 6.66. The Kier molecular flexibility index (Phi) is 7.81. The molecular formula is C26H34N2O2. The van der Waals surface area contributed by atoms with Gasteiger partial charge in [0, 0.05) is 19.0 Å². The minimum atomic E-state index is -0.390. The van der Waals surface area contributed by atoms with Crippen LogP contribution in [-0.2, 0) is 29.0 Å². The second-order valence-corrected chi connectivity index (χ2v) is 8.47. The monoisotopic (exact) mass is 406 g/mol. The van der Waals surface area contributed by atoms with Gasteiger partial charge in [0.15, 0.2) is 0 Å². The van der Waals surface area contributed by atoms with Gasteiger partial charge in [0.05, 0.1) is 12.1 Å². The molecule has 4 heteroatoms. The highest BCUT2D eigenvalue weighted by molar-refractivity contribution is 5.86. The predicted octanol–water partition coefficient (Wildman–Crippen LogP) is 4.31. The van der Waals surface area contributed by atoms with Crippen molar-refractivity contribution >= 4 is 11.7 Å². The van der Waals surface area contributed by atoms with E-state index in [-0.39, 0.29) is 29.8 Å². The summed E-state index contributed by atoms with van der Waals surface area (Å²) in [6.07, 6.45) is 3.77. The third kappa shape index (κ3) is 5.57. The number of nitrogens with zero attached hydrogens (tertiary/aromatic N) is 1. The van der Waals surface area contributed by atoms with Crippen LogP contribution in [0.4, 0.5) is 0 Å². The highest BCUT2D eigenvalue weighted by Gasteiger charge is 2.31. The Morgan fingerprint density at radius 1 is 1.07 bits per heavy atom. The van der Waals surface area contributed by atoms with Crippen LogP contribution in [0, 0.1) is 0 Å². The number of Topliss-reactive ketones (excluding diaryl/α,β-unsaturated/α-hetero) is 1. The fourth-order valence-electron chi connectivity index (χ4n) is 4.31. The van der Waals surface area contributed by atoms with Crippen LogP contribution < -0.4 is 5.32 Å². The van der Waals surface area contributed by atoms with Crippen LogP contribution in [-0.4, -0.2) is 34.7 Å². The van der Waals surface area contributed by atoms with Gasteiger partial charge in [0.1, 0.15) is 5.78 Å². The zero-order chi connectivity index (χ0) is 21.5. The standard InChI is InChI=1S/C26H34N2O2/c1-4-10-25(29)24(16-15-21-11-6-5-7-12-21)27-20(3)26(30)28-18-23-14-9-8-13-22(23)17-19(28)2/h5-9,11-14,19-20,24,27H,4,10,15-18H2,1-3H3/t19-,20+,24+/m1/s1. The molecule has 0 fully saturated rings. The van der Waals surface area contributed by atoms with E-state index >= 15 is 0 Å². The highest BCUT2D eigenvalue weighted by Crippen LogP contribution is 2.23. The molecule has 3 atom stereocenters. The number of rotatable bonds is 9. The van der Waals surface area contributed by atoms with Crippen LogP contribution in [0.1, 0.15) is 56.7 Å². The van der Waals surface area contributed by atoms with Gasteiger partial charge in [-0.15, -0.1) is 0 Å². The average molecular weight is 407 g/mol. The predicted molar refractivity (Wildman–Crippen MR) is 121 cm³/mol. The van der Waals surface area contributed by atoms with Gasteiger partial charge in [-0.25, -0.2) is 0 Å². The molecule has 1 heterocycles. The number of hydrogen-bond acceptors (Lipinski definition) is 3. The van der Waals surface area contributed by atoms with Crippen LogP contribution in [0.3, 0.4) is 0 Å². The van der Waals surface area contributed by atoms with Crippen LogP contribution in [0.5, 0.6) is 0 Å². The van der Waals surface area contributed by atoms with E-state index in [1.807, 2.05) is 43.0 Å². The topological polar surface area (TPSA) is 49.4 Å². The van der Waals surface area contributed by atoms with E-state index in [9.17, 15) is 9.59 Å². The Balaban J connectivity index is 1.65. The number of fused-ring (bicyclic) bond motifs is 1. The maximum Gasteiger partial charge on any atom is 0.239 e. The molecule has 4 nitrogen and oxygen atoms in total. The molecule has 1 N–H and O–H groups in total. The number of aryl methyl sites for hydroxylation is 1. The van der Waals surface area contributed by atoms with E-state index in [2.05, 4.69) is 42.6 Å². The molecule has 0 spiro atoms. The Morgan fingerprint density at radius 2 is 1.73 bits per heavy atom. The zero-order valence-electron chi connectivity index (χ0n) is 18.4. The lowest BCUT2D eigenvalue weighted by atomic mass is 9.94. The summed E-state index contributed by atoms with van der Waals surface area (Å²) >= 11 is 0. The summed E-state index contributed by atoms with van der Waals surface area (Å²) in [5.41, 5.74) is 3.76. The number of ketones is 1. The first kappa shape index (κ1) is 22.2. The van der Waals surface area contributed by atoms with Crippen LogP contribution in [0.25, 0.3) is 0 Å². The molecule has 0 bridgehead atoms. The van der Waals surface area contributed by atoms with Crippen molar-refractivity contribution in [2.75, 3.05) is 0 Å². The van der Waals surface area contributed by atoms with E-state index in [0.717, 1.165) is 19.3 Å². The molecule has 0 unspecified atom stereocenters. The smallest absolute Gasteiger partial charge is 0.239 e. The van der Waals surface area contributed by atoms with Gasteiger partial charge in [0.2, 0.25) is 5.91 Å². The quantitative estimate of drug-likeness (QED) is 0.675. The Morgan fingerprint density at radius 3 is 2.43 bits per heavy atom. The minimum absolute atomic E-state index is 0.0750. The summed E-state index contributed by atoms with van der Waals surface area (Å²) in [4.78, 5) is 28.0. The molecule has 0 saturated heterocycles. The summed E-state index contributed by atoms with van der Waals surface area (Å²) in [5.74, 6) is 0.274. The minimum Gasteiger partial charge on any atom is -0.334 e. The van der Waals surface area contributed by atoms with Gasteiger partial charge >= 0.3 is 0 Å². The van der Waals surface area contributed by atoms with E-state index in [4.69, 9.17) is 0 Å². The Labute approximate surface area is 180 Å². The maximum absolute atomic E-state index is 13.3. The SMILES string of the molecule is CCCC(=O)[C@H](CCc1ccccc1)N[C@@H](C)C(=O)N1Cc2ccccc2C[C@H]1C. The second-order valence-electron chi connectivity index (χ2n) is 8.47. The molecular weight excluding hydrogens is 372 g/mol. The number of amides is 1. The molecule has 1 aliphatic heterocycles. The van der Waals surface area contributed by atoms with Crippen molar-refractivity contribution in [2.45, 2.75) is 77.5 Å². The normalized spacial score (nSPS) is 17.8.